The Balaban J connectivity index is 1.82. The quantitative estimate of drug-likeness (QED) is 0.248. The molecule has 2 fully saturated rings. The van der Waals surface area contributed by atoms with E-state index >= 15 is 4.79 Å². The number of amides is 4. The lowest BCUT2D eigenvalue weighted by Gasteiger charge is -2.46. The molecule has 0 aliphatic carbocycles. The van der Waals surface area contributed by atoms with Gasteiger partial charge in [0.1, 0.15) is 23.2 Å². The molecule has 0 spiro atoms. The molecule has 4 amide bonds. The molecule has 2 aromatic carbocycles. The van der Waals surface area contributed by atoms with Crippen LogP contribution in [0.4, 0.5) is 0 Å². The molecule has 2 heterocycles. The number of carbonyl (C=O) groups is 4. The number of carbonyl (C=O) groups excluding carboxylic acids is 4. The smallest absolute Gasteiger partial charge is 0.249 e. The third kappa shape index (κ3) is 6.43. The minimum absolute atomic E-state index is 0.152. The fourth-order valence-electron chi connectivity index (χ4n) is 6.57. The second-order valence-corrected chi connectivity index (χ2v) is 11.9. The first-order chi connectivity index (χ1) is 20.4. The summed E-state index contributed by atoms with van der Waals surface area (Å²) >= 11 is 0. The van der Waals surface area contributed by atoms with Crippen LogP contribution in [0.15, 0.2) is 60.7 Å². The summed E-state index contributed by atoms with van der Waals surface area (Å²) in [7, 11) is 0. The Kier molecular flexibility index (Phi) is 9.89. The topological polar surface area (TPSA) is 179 Å². The number of nitrogens with two attached hydrogens (primary N) is 2. The van der Waals surface area contributed by atoms with Gasteiger partial charge in [0.25, 0.3) is 0 Å². The lowest BCUT2D eigenvalue weighted by Crippen LogP contribution is -2.69. The Labute approximate surface area is 252 Å². The van der Waals surface area contributed by atoms with Crippen LogP contribution in [-0.4, -0.2) is 92.1 Å². The van der Waals surface area contributed by atoms with Crippen molar-refractivity contribution in [1.29, 1.82) is 0 Å². The van der Waals surface area contributed by atoms with Gasteiger partial charge in [-0.05, 0) is 50.7 Å². The Morgan fingerprint density at radius 3 is 1.79 bits per heavy atom. The van der Waals surface area contributed by atoms with E-state index in [4.69, 9.17) is 11.5 Å². The molecule has 0 aromatic heterocycles. The van der Waals surface area contributed by atoms with E-state index in [1.807, 2.05) is 60.7 Å². The number of primary amides is 1. The lowest BCUT2D eigenvalue weighted by atomic mass is 9.82. The molecule has 11 heteroatoms. The monoisotopic (exact) mass is 593 g/mol. The van der Waals surface area contributed by atoms with E-state index in [0.717, 1.165) is 11.1 Å². The zero-order valence-electron chi connectivity index (χ0n) is 24.8. The molecule has 7 N–H and O–H groups in total. The van der Waals surface area contributed by atoms with Crippen LogP contribution in [0.3, 0.4) is 0 Å². The predicted molar refractivity (Wildman–Crippen MR) is 160 cm³/mol. The van der Waals surface area contributed by atoms with E-state index in [9.17, 15) is 24.6 Å². The summed E-state index contributed by atoms with van der Waals surface area (Å²) in [6, 6.07) is 16.1. The Morgan fingerprint density at radius 2 is 1.30 bits per heavy atom. The van der Waals surface area contributed by atoms with E-state index in [1.54, 1.807) is 4.90 Å². The minimum atomic E-state index is -1.42. The molecule has 6 atom stereocenters. The maximum atomic E-state index is 15.1. The Hall–Kier alpha value is -3.80. The van der Waals surface area contributed by atoms with Gasteiger partial charge in [-0.15, -0.1) is 0 Å². The van der Waals surface area contributed by atoms with Gasteiger partial charge >= 0.3 is 0 Å². The third-order valence-electron chi connectivity index (χ3n) is 8.87. The SMILES string of the molecule is C[C@@H](O)[C@H](N)C(=O)N1CCCC1(Cc1ccccc1)C(=O)N1CCC[C@]1(Cc1ccccc1)C(=O)N[C@H](C(N)=O)[C@@H](C)O. The molecule has 0 bridgehead atoms. The van der Waals surface area contributed by atoms with Crippen molar-refractivity contribution in [3.8, 4) is 0 Å². The Bertz CT molecular complexity index is 1310. The van der Waals surface area contributed by atoms with Crippen molar-refractivity contribution in [1.82, 2.24) is 15.1 Å². The Morgan fingerprint density at radius 1 is 0.814 bits per heavy atom. The van der Waals surface area contributed by atoms with Crippen molar-refractivity contribution in [2.75, 3.05) is 13.1 Å². The van der Waals surface area contributed by atoms with E-state index in [0.29, 0.717) is 25.7 Å². The highest BCUT2D eigenvalue weighted by Crippen LogP contribution is 2.41. The van der Waals surface area contributed by atoms with Gasteiger partial charge in [0.2, 0.25) is 23.6 Å². The second kappa shape index (κ2) is 13.2. The zero-order valence-corrected chi connectivity index (χ0v) is 24.8. The van der Waals surface area contributed by atoms with Gasteiger partial charge in [0, 0.05) is 25.9 Å². The number of nitrogens with zero attached hydrogens (tertiary/aromatic N) is 2. The number of aliphatic hydroxyl groups excluding tert-OH is 2. The fourth-order valence-corrected chi connectivity index (χ4v) is 6.57. The number of rotatable bonds is 11. The molecule has 1 unspecified atom stereocenters. The molecule has 0 radical (unpaired) electrons. The summed E-state index contributed by atoms with van der Waals surface area (Å²) in [6.07, 6.45) is -0.350. The van der Waals surface area contributed by atoms with Crippen molar-refractivity contribution in [3.05, 3.63) is 71.8 Å². The second-order valence-electron chi connectivity index (χ2n) is 11.9. The van der Waals surface area contributed by atoms with Crippen LogP contribution in [0.25, 0.3) is 0 Å². The lowest BCUT2D eigenvalue weighted by molar-refractivity contribution is -0.159. The highest BCUT2D eigenvalue weighted by Gasteiger charge is 2.58. The molecule has 4 rings (SSSR count). The maximum absolute atomic E-state index is 15.1. The van der Waals surface area contributed by atoms with Crippen LogP contribution in [0.5, 0.6) is 0 Å². The molecule has 11 nitrogen and oxygen atoms in total. The van der Waals surface area contributed by atoms with E-state index in [-0.39, 0.29) is 25.9 Å². The van der Waals surface area contributed by atoms with E-state index in [2.05, 4.69) is 5.32 Å². The molecular formula is C32H43N5O6. The highest BCUT2D eigenvalue weighted by atomic mass is 16.3. The minimum Gasteiger partial charge on any atom is -0.391 e. The summed E-state index contributed by atoms with van der Waals surface area (Å²) in [5, 5.41) is 23.0. The average molecular weight is 594 g/mol. The first-order valence-electron chi connectivity index (χ1n) is 14.9. The zero-order chi connectivity index (χ0) is 31.4. The first kappa shape index (κ1) is 32.1. The summed E-state index contributed by atoms with van der Waals surface area (Å²) < 4.78 is 0. The summed E-state index contributed by atoms with van der Waals surface area (Å²) in [4.78, 5) is 58.2. The normalized spacial score (nSPS) is 24.7. The van der Waals surface area contributed by atoms with Crippen LogP contribution in [-0.2, 0) is 32.0 Å². The highest BCUT2D eigenvalue weighted by molar-refractivity contribution is 6.00. The molecular weight excluding hydrogens is 550 g/mol. The number of hydrogen-bond donors (Lipinski definition) is 5. The van der Waals surface area contributed by atoms with Crippen molar-refractivity contribution in [3.63, 3.8) is 0 Å². The predicted octanol–water partition coefficient (Wildman–Crippen LogP) is 0.253. The molecule has 43 heavy (non-hydrogen) atoms. The number of likely N-dealkylation sites (tertiary alicyclic amines) is 2. The molecule has 232 valence electrons. The largest absolute Gasteiger partial charge is 0.391 e. The van der Waals surface area contributed by atoms with Gasteiger partial charge < -0.3 is 36.8 Å². The molecule has 2 aliphatic rings. The van der Waals surface area contributed by atoms with Gasteiger partial charge in [-0.3, -0.25) is 19.2 Å². The summed E-state index contributed by atoms with van der Waals surface area (Å²) in [5.41, 5.74) is 10.5. The number of nitrogens with one attached hydrogen (secondary N) is 1. The molecule has 2 saturated heterocycles. The van der Waals surface area contributed by atoms with Crippen LogP contribution < -0.4 is 16.8 Å². The molecule has 2 aliphatic heterocycles. The standard InChI is InChI=1S/C32H43N5O6/c1-21(38)25(33)28(41)36-17-10-16-32(36,20-24-13-7-4-8-14-24)30(43)37-18-9-15-31(37,19-23-11-5-3-6-12-23)29(42)35-26(22(2)39)27(34)40/h3-8,11-14,21-22,25-26,38-39H,9-10,15-20,33H2,1-2H3,(H2,34,40)(H,35,42)/t21-,22-,25+,26+,31+,32?/m1/s1. The summed E-state index contributed by atoms with van der Waals surface area (Å²) in [6.45, 7) is 3.32. The van der Waals surface area contributed by atoms with Gasteiger partial charge in [-0.25, -0.2) is 0 Å². The number of benzene rings is 2. The van der Waals surface area contributed by atoms with E-state index < -0.39 is 59.0 Å². The number of aliphatic hydroxyl groups is 2. The van der Waals surface area contributed by atoms with Crippen molar-refractivity contribution in [2.24, 2.45) is 11.5 Å². The van der Waals surface area contributed by atoms with Gasteiger partial charge in [-0.2, -0.15) is 0 Å². The first-order valence-corrected chi connectivity index (χ1v) is 14.9. The van der Waals surface area contributed by atoms with Crippen molar-refractivity contribution in [2.45, 2.75) is 87.7 Å². The third-order valence-corrected chi connectivity index (χ3v) is 8.87. The van der Waals surface area contributed by atoms with Crippen LogP contribution >= 0.6 is 0 Å². The molecule has 2 aromatic rings. The van der Waals surface area contributed by atoms with Crippen LogP contribution in [0, 0.1) is 0 Å². The van der Waals surface area contributed by atoms with Crippen molar-refractivity contribution < 1.29 is 29.4 Å². The van der Waals surface area contributed by atoms with Gasteiger partial charge in [0.15, 0.2) is 0 Å². The fraction of sp³-hybridized carbons (Fsp3) is 0.500. The molecule has 0 saturated carbocycles. The van der Waals surface area contributed by atoms with Gasteiger partial charge in [-0.1, -0.05) is 60.7 Å². The summed E-state index contributed by atoms with van der Waals surface area (Å²) in [5.74, 6) is -2.42. The van der Waals surface area contributed by atoms with Crippen LogP contribution in [0.1, 0.15) is 50.7 Å². The maximum Gasteiger partial charge on any atom is 0.249 e. The van der Waals surface area contributed by atoms with Gasteiger partial charge in [0.05, 0.1) is 12.2 Å². The average Bonchev–Trinajstić information content (AvgIpc) is 3.61. The number of hydrogen-bond acceptors (Lipinski definition) is 7. The van der Waals surface area contributed by atoms with E-state index in [1.165, 1.54) is 18.7 Å². The van der Waals surface area contributed by atoms with Crippen LogP contribution in [0.2, 0.25) is 0 Å². The van der Waals surface area contributed by atoms with Crippen molar-refractivity contribution >= 4 is 23.6 Å².